The molecule has 7 nitrogen and oxygen atoms in total. The minimum Gasteiger partial charge on any atom is -0.356 e. The molecule has 1 aliphatic heterocycles. The first-order chi connectivity index (χ1) is 11.7. The Bertz CT molecular complexity index is 765. The van der Waals surface area contributed by atoms with E-state index < -0.39 is 0 Å². The minimum atomic E-state index is 0.571. The fourth-order valence-electron chi connectivity index (χ4n) is 3.08. The molecule has 7 heteroatoms. The van der Waals surface area contributed by atoms with Crippen molar-refractivity contribution < 1.29 is 0 Å². The van der Waals surface area contributed by atoms with Crippen LogP contribution in [0.1, 0.15) is 37.3 Å². The van der Waals surface area contributed by atoms with Crippen LogP contribution >= 0.6 is 0 Å². The molecular formula is C17H21N7. The van der Waals surface area contributed by atoms with E-state index >= 15 is 0 Å². The SMILES string of the molecule is Cc1cnc(Nc2cnn(C3CC3)c2)nc1N1CC(CCC#N)C1. The predicted molar refractivity (Wildman–Crippen MR) is 91.1 cm³/mol. The average molecular weight is 323 g/mol. The van der Waals surface area contributed by atoms with Crippen molar-refractivity contribution in [2.75, 3.05) is 23.3 Å². The van der Waals surface area contributed by atoms with E-state index in [1.54, 1.807) is 0 Å². The van der Waals surface area contributed by atoms with Gasteiger partial charge in [-0.3, -0.25) is 4.68 Å². The summed E-state index contributed by atoms with van der Waals surface area (Å²) in [5, 5.41) is 16.3. The summed E-state index contributed by atoms with van der Waals surface area (Å²) in [5.74, 6) is 2.19. The van der Waals surface area contributed by atoms with Gasteiger partial charge in [0.2, 0.25) is 5.95 Å². The molecular weight excluding hydrogens is 302 g/mol. The maximum absolute atomic E-state index is 8.68. The number of nitrogens with one attached hydrogen (secondary N) is 1. The van der Waals surface area contributed by atoms with Crippen LogP contribution in [-0.4, -0.2) is 32.8 Å². The van der Waals surface area contributed by atoms with Crippen LogP contribution in [0.25, 0.3) is 0 Å². The molecule has 1 saturated carbocycles. The van der Waals surface area contributed by atoms with Crippen LogP contribution in [-0.2, 0) is 0 Å². The second-order valence-corrected chi connectivity index (χ2v) is 6.73. The van der Waals surface area contributed by atoms with Crippen LogP contribution in [0.3, 0.4) is 0 Å². The molecule has 0 spiro atoms. The molecule has 0 unspecified atom stereocenters. The Labute approximate surface area is 141 Å². The van der Waals surface area contributed by atoms with Crippen LogP contribution in [0.2, 0.25) is 0 Å². The van der Waals surface area contributed by atoms with Crippen molar-refractivity contribution >= 4 is 17.5 Å². The number of hydrogen-bond donors (Lipinski definition) is 1. The number of aromatic nitrogens is 4. The van der Waals surface area contributed by atoms with E-state index in [1.165, 1.54) is 12.8 Å². The maximum atomic E-state index is 8.68. The van der Waals surface area contributed by atoms with Crippen molar-refractivity contribution in [1.29, 1.82) is 5.26 Å². The van der Waals surface area contributed by atoms with Gasteiger partial charge in [0.15, 0.2) is 0 Å². The number of aryl methyl sites for hydroxylation is 1. The lowest BCUT2D eigenvalue weighted by molar-refractivity contribution is 0.385. The highest BCUT2D eigenvalue weighted by molar-refractivity contribution is 5.56. The second-order valence-electron chi connectivity index (χ2n) is 6.73. The molecule has 0 radical (unpaired) electrons. The van der Waals surface area contributed by atoms with Gasteiger partial charge in [0, 0.05) is 37.5 Å². The van der Waals surface area contributed by atoms with E-state index in [0.29, 0.717) is 24.3 Å². The van der Waals surface area contributed by atoms with E-state index in [2.05, 4.69) is 31.4 Å². The predicted octanol–water partition coefficient (Wildman–Crippen LogP) is 2.80. The Morgan fingerprint density at radius 3 is 2.92 bits per heavy atom. The van der Waals surface area contributed by atoms with Gasteiger partial charge in [-0.1, -0.05) is 0 Å². The normalized spacial score (nSPS) is 17.4. The quantitative estimate of drug-likeness (QED) is 0.880. The van der Waals surface area contributed by atoms with E-state index in [4.69, 9.17) is 5.26 Å². The molecule has 1 saturated heterocycles. The molecule has 2 aromatic heterocycles. The molecule has 0 atom stereocenters. The molecule has 24 heavy (non-hydrogen) atoms. The molecule has 2 aromatic rings. The van der Waals surface area contributed by atoms with Crippen LogP contribution in [0.5, 0.6) is 0 Å². The summed E-state index contributed by atoms with van der Waals surface area (Å²) in [6.45, 7) is 3.98. The average Bonchev–Trinajstić information content (AvgIpc) is 3.29. The van der Waals surface area contributed by atoms with E-state index in [-0.39, 0.29) is 0 Å². The zero-order valence-electron chi connectivity index (χ0n) is 13.8. The standard InChI is InChI=1S/C17H21N7/c1-12-7-19-17(21-14-8-20-24(11-14)15-4-5-15)22-16(12)23-9-13(10-23)3-2-6-18/h7-8,11,13,15H,2-5,9-10H2,1H3,(H,19,21,22). The molecule has 3 heterocycles. The maximum Gasteiger partial charge on any atom is 0.229 e. The summed E-state index contributed by atoms with van der Waals surface area (Å²) in [6, 6.07) is 2.79. The summed E-state index contributed by atoms with van der Waals surface area (Å²) in [7, 11) is 0. The number of rotatable bonds is 6. The summed E-state index contributed by atoms with van der Waals surface area (Å²) in [5.41, 5.74) is 2.00. The Balaban J connectivity index is 1.42. The molecule has 0 amide bonds. The van der Waals surface area contributed by atoms with Crippen molar-refractivity contribution in [3.8, 4) is 6.07 Å². The highest BCUT2D eigenvalue weighted by atomic mass is 15.3. The minimum absolute atomic E-state index is 0.571. The zero-order valence-corrected chi connectivity index (χ0v) is 13.8. The molecule has 4 rings (SSSR count). The van der Waals surface area contributed by atoms with Gasteiger partial charge in [-0.2, -0.15) is 15.3 Å². The van der Waals surface area contributed by atoms with Gasteiger partial charge in [-0.05, 0) is 32.1 Å². The molecule has 1 aliphatic carbocycles. The number of nitriles is 1. The monoisotopic (exact) mass is 323 g/mol. The number of hydrogen-bond acceptors (Lipinski definition) is 6. The zero-order chi connectivity index (χ0) is 16.5. The van der Waals surface area contributed by atoms with Crippen molar-refractivity contribution in [1.82, 2.24) is 19.7 Å². The van der Waals surface area contributed by atoms with E-state index in [9.17, 15) is 0 Å². The largest absolute Gasteiger partial charge is 0.356 e. The first-order valence-corrected chi connectivity index (χ1v) is 8.49. The lowest BCUT2D eigenvalue weighted by atomic mass is 9.95. The Kier molecular flexibility index (Phi) is 3.81. The van der Waals surface area contributed by atoms with Gasteiger partial charge in [0.1, 0.15) is 5.82 Å². The molecule has 0 aromatic carbocycles. The lowest BCUT2D eigenvalue weighted by Gasteiger charge is -2.40. The summed E-state index contributed by atoms with van der Waals surface area (Å²) in [4.78, 5) is 11.3. The summed E-state index contributed by atoms with van der Waals surface area (Å²) in [6.07, 6.45) is 9.74. The molecule has 2 fully saturated rings. The molecule has 124 valence electrons. The van der Waals surface area contributed by atoms with Crippen molar-refractivity contribution in [2.45, 2.75) is 38.6 Å². The van der Waals surface area contributed by atoms with E-state index in [0.717, 1.165) is 36.6 Å². The van der Waals surface area contributed by atoms with Gasteiger partial charge in [0.05, 0.1) is 24.0 Å². The fourth-order valence-corrected chi connectivity index (χ4v) is 3.08. The fraction of sp³-hybridized carbons (Fsp3) is 0.529. The lowest BCUT2D eigenvalue weighted by Crippen LogP contribution is -2.47. The van der Waals surface area contributed by atoms with Crippen molar-refractivity contribution in [3.05, 3.63) is 24.2 Å². The van der Waals surface area contributed by atoms with Gasteiger partial charge in [0.25, 0.3) is 0 Å². The first kappa shape index (κ1) is 14.9. The van der Waals surface area contributed by atoms with Crippen LogP contribution in [0, 0.1) is 24.2 Å². The molecule has 1 N–H and O–H groups in total. The number of nitrogens with zero attached hydrogens (tertiary/aromatic N) is 6. The topological polar surface area (TPSA) is 82.7 Å². The summed E-state index contributed by atoms with van der Waals surface area (Å²) >= 11 is 0. The van der Waals surface area contributed by atoms with Crippen LogP contribution in [0.4, 0.5) is 17.5 Å². The van der Waals surface area contributed by atoms with Crippen LogP contribution < -0.4 is 10.2 Å². The Morgan fingerprint density at radius 2 is 2.17 bits per heavy atom. The van der Waals surface area contributed by atoms with Gasteiger partial charge in [-0.15, -0.1) is 0 Å². The number of anilines is 3. The van der Waals surface area contributed by atoms with Crippen molar-refractivity contribution in [2.24, 2.45) is 5.92 Å². The van der Waals surface area contributed by atoms with Crippen molar-refractivity contribution in [3.63, 3.8) is 0 Å². The third kappa shape index (κ3) is 3.04. The smallest absolute Gasteiger partial charge is 0.229 e. The second kappa shape index (κ2) is 6.11. The molecule has 2 aliphatic rings. The third-order valence-corrected chi connectivity index (χ3v) is 4.64. The third-order valence-electron chi connectivity index (χ3n) is 4.64. The Morgan fingerprint density at radius 1 is 1.33 bits per heavy atom. The first-order valence-electron chi connectivity index (χ1n) is 8.49. The van der Waals surface area contributed by atoms with Gasteiger partial charge in [-0.25, -0.2) is 4.98 Å². The molecule has 0 bridgehead atoms. The highest BCUT2D eigenvalue weighted by Gasteiger charge is 2.28. The van der Waals surface area contributed by atoms with Gasteiger partial charge < -0.3 is 10.2 Å². The van der Waals surface area contributed by atoms with E-state index in [1.807, 2.05) is 30.2 Å². The van der Waals surface area contributed by atoms with Gasteiger partial charge >= 0.3 is 0 Å². The van der Waals surface area contributed by atoms with Crippen LogP contribution in [0.15, 0.2) is 18.6 Å². The summed E-state index contributed by atoms with van der Waals surface area (Å²) < 4.78 is 2.01. The Hall–Kier alpha value is -2.62. The highest BCUT2D eigenvalue weighted by Crippen LogP contribution is 2.35.